The van der Waals surface area contributed by atoms with Crippen LogP contribution in [0.3, 0.4) is 0 Å². The Hall–Kier alpha value is -1.77. The van der Waals surface area contributed by atoms with E-state index in [0.29, 0.717) is 12.2 Å². The summed E-state index contributed by atoms with van der Waals surface area (Å²) in [6.45, 7) is 4.05. The third kappa shape index (κ3) is 9.94. The standard InChI is InChI=1S/C23H41N5O7S/c1-3-5-6-7-8-9-10-18(30)24-15(14-36-11-4-2)22(33)25-17-13-28(27-26-17)12-16(29)21-19(31)20(32)23(34)35-21/h13,15-16,19-21,23,29,31-32,34H,3-12,14H2,1-2H3,(H,24,30)(H,25,33)/t15-,16+,19+,20+,21?,23?/m1/s1. The molecule has 2 rings (SSSR count). The molecule has 2 amide bonds. The maximum Gasteiger partial charge on any atom is 0.249 e. The molecule has 6 N–H and O–H groups in total. The van der Waals surface area contributed by atoms with Gasteiger partial charge < -0.3 is 35.8 Å². The average Bonchev–Trinajstić information content (AvgIpc) is 3.39. The smallest absolute Gasteiger partial charge is 0.249 e. The van der Waals surface area contributed by atoms with Gasteiger partial charge in [0.2, 0.25) is 11.8 Å². The fraction of sp³-hybridized carbons (Fsp3) is 0.826. The third-order valence-electron chi connectivity index (χ3n) is 5.86. The molecule has 6 atom stereocenters. The van der Waals surface area contributed by atoms with Gasteiger partial charge in [-0.05, 0) is 18.6 Å². The maximum atomic E-state index is 12.9. The van der Waals surface area contributed by atoms with Crippen LogP contribution in [0.15, 0.2) is 6.20 Å². The van der Waals surface area contributed by atoms with Crippen molar-refractivity contribution in [2.45, 2.75) is 109 Å². The second-order valence-electron chi connectivity index (χ2n) is 9.07. The van der Waals surface area contributed by atoms with E-state index in [1.165, 1.54) is 30.1 Å². The highest BCUT2D eigenvalue weighted by atomic mass is 32.2. The molecule has 1 saturated heterocycles. The van der Waals surface area contributed by atoms with E-state index in [4.69, 9.17) is 4.74 Å². The minimum atomic E-state index is -1.59. The number of carbonyl (C=O) groups excluding carboxylic acids is 2. The van der Waals surface area contributed by atoms with Crippen LogP contribution in [-0.4, -0.2) is 95.5 Å². The zero-order valence-electron chi connectivity index (χ0n) is 21.1. The van der Waals surface area contributed by atoms with Crippen LogP contribution in [0, 0.1) is 0 Å². The molecule has 1 fully saturated rings. The topological polar surface area (TPSA) is 179 Å². The summed E-state index contributed by atoms with van der Waals surface area (Å²) < 4.78 is 6.23. The Balaban J connectivity index is 1.86. The lowest BCUT2D eigenvalue weighted by Crippen LogP contribution is -2.45. The van der Waals surface area contributed by atoms with E-state index in [1.807, 2.05) is 6.92 Å². The number of aliphatic hydroxyl groups excluding tert-OH is 4. The fourth-order valence-corrected chi connectivity index (χ4v) is 4.74. The van der Waals surface area contributed by atoms with Gasteiger partial charge in [0.1, 0.15) is 30.5 Å². The van der Waals surface area contributed by atoms with Gasteiger partial charge >= 0.3 is 0 Å². The van der Waals surface area contributed by atoms with Gasteiger partial charge in [-0.25, -0.2) is 4.68 Å². The highest BCUT2D eigenvalue weighted by Crippen LogP contribution is 2.23. The molecule has 0 bridgehead atoms. The molecule has 2 heterocycles. The first-order chi connectivity index (χ1) is 17.3. The van der Waals surface area contributed by atoms with Crippen molar-refractivity contribution in [2.24, 2.45) is 0 Å². The summed E-state index contributed by atoms with van der Waals surface area (Å²) >= 11 is 1.58. The summed E-state index contributed by atoms with van der Waals surface area (Å²) in [6.07, 6.45) is 2.08. The Morgan fingerprint density at radius 2 is 1.83 bits per heavy atom. The number of nitrogens with zero attached hydrogens (tertiary/aromatic N) is 3. The normalized spacial score (nSPS) is 23.4. The molecule has 2 unspecified atom stereocenters. The van der Waals surface area contributed by atoms with Crippen LogP contribution in [-0.2, 0) is 20.9 Å². The van der Waals surface area contributed by atoms with Gasteiger partial charge in [0.15, 0.2) is 12.1 Å². The molecule has 1 aromatic rings. The van der Waals surface area contributed by atoms with E-state index in [2.05, 4.69) is 27.9 Å². The molecule has 1 aliphatic heterocycles. The van der Waals surface area contributed by atoms with Crippen LogP contribution in [0.1, 0.15) is 65.2 Å². The van der Waals surface area contributed by atoms with Crippen molar-refractivity contribution in [2.75, 3.05) is 16.8 Å². The number of ether oxygens (including phenoxy) is 1. The molecule has 206 valence electrons. The van der Waals surface area contributed by atoms with E-state index >= 15 is 0 Å². The number of amides is 2. The van der Waals surface area contributed by atoms with E-state index in [-0.39, 0.29) is 18.3 Å². The van der Waals surface area contributed by atoms with Gasteiger partial charge in [-0.3, -0.25) is 9.59 Å². The lowest BCUT2D eigenvalue weighted by molar-refractivity contribution is -0.147. The third-order valence-corrected chi connectivity index (χ3v) is 7.13. The zero-order valence-corrected chi connectivity index (χ0v) is 21.9. The predicted molar refractivity (Wildman–Crippen MR) is 135 cm³/mol. The number of carbonyl (C=O) groups is 2. The number of unbranched alkanes of at least 4 members (excludes halogenated alkanes) is 5. The molecule has 0 saturated carbocycles. The number of hydrogen-bond donors (Lipinski definition) is 6. The molecule has 12 nitrogen and oxygen atoms in total. The molecule has 0 aliphatic carbocycles. The second-order valence-corrected chi connectivity index (χ2v) is 10.2. The number of thioether (sulfide) groups is 1. The van der Waals surface area contributed by atoms with Crippen LogP contribution in [0.2, 0.25) is 0 Å². The van der Waals surface area contributed by atoms with Gasteiger partial charge in [-0.2, -0.15) is 11.8 Å². The van der Waals surface area contributed by atoms with Gasteiger partial charge in [0.25, 0.3) is 0 Å². The Bertz CT molecular complexity index is 799. The molecule has 1 aliphatic rings. The Morgan fingerprint density at radius 1 is 1.11 bits per heavy atom. The largest absolute Gasteiger partial charge is 0.388 e. The summed E-state index contributed by atoms with van der Waals surface area (Å²) in [4.78, 5) is 25.3. The summed E-state index contributed by atoms with van der Waals surface area (Å²) in [5.74, 6) is 0.855. The van der Waals surface area contributed by atoms with E-state index in [9.17, 15) is 30.0 Å². The van der Waals surface area contributed by atoms with Crippen LogP contribution in [0.25, 0.3) is 0 Å². The first-order valence-electron chi connectivity index (χ1n) is 12.7. The number of aromatic nitrogens is 3. The Labute approximate surface area is 216 Å². The van der Waals surface area contributed by atoms with E-state index < -0.39 is 42.7 Å². The van der Waals surface area contributed by atoms with Crippen molar-refractivity contribution in [1.82, 2.24) is 20.3 Å². The fourth-order valence-electron chi connectivity index (χ4n) is 3.82. The second kappa shape index (κ2) is 16.2. The lowest BCUT2D eigenvalue weighted by Gasteiger charge is -2.20. The monoisotopic (exact) mass is 531 g/mol. The number of aliphatic hydroxyl groups is 4. The van der Waals surface area contributed by atoms with Crippen molar-refractivity contribution in [3.05, 3.63) is 6.20 Å². The molecule has 0 radical (unpaired) electrons. The molecule has 36 heavy (non-hydrogen) atoms. The van der Waals surface area contributed by atoms with Crippen molar-refractivity contribution in [3.8, 4) is 0 Å². The molecular formula is C23H41N5O7S. The van der Waals surface area contributed by atoms with Gasteiger partial charge in [-0.15, -0.1) is 5.10 Å². The highest BCUT2D eigenvalue weighted by molar-refractivity contribution is 7.99. The van der Waals surface area contributed by atoms with E-state index in [1.54, 1.807) is 11.8 Å². The Morgan fingerprint density at radius 3 is 2.50 bits per heavy atom. The van der Waals surface area contributed by atoms with Crippen molar-refractivity contribution in [1.29, 1.82) is 0 Å². The van der Waals surface area contributed by atoms with Crippen molar-refractivity contribution < 1.29 is 34.8 Å². The lowest BCUT2D eigenvalue weighted by atomic mass is 10.1. The van der Waals surface area contributed by atoms with E-state index in [0.717, 1.165) is 31.4 Å². The Kier molecular flexibility index (Phi) is 13.7. The first-order valence-corrected chi connectivity index (χ1v) is 13.9. The summed E-state index contributed by atoms with van der Waals surface area (Å²) in [6, 6.07) is -0.727. The van der Waals surface area contributed by atoms with Gasteiger partial charge in [-0.1, -0.05) is 51.2 Å². The molecular weight excluding hydrogens is 490 g/mol. The maximum absolute atomic E-state index is 12.9. The van der Waals surface area contributed by atoms with Crippen LogP contribution < -0.4 is 10.6 Å². The van der Waals surface area contributed by atoms with Crippen LogP contribution >= 0.6 is 11.8 Å². The molecule has 0 spiro atoms. The van der Waals surface area contributed by atoms with Crippen molar-refractivity contribution >= 4 is 29.4 Å². The van der Waals surface area contributed by atoms with Crippen LogP contribution in [0.4, 0.5) is 5.82 Å². The van der Waals surface area contributed by atoms with Gasteiger partial charge in [0, 0.05) is 12.2 Å². The number of rotatable bonds is 17. The molecule has 0 aromatic carbocycles. The zero-order chi connectivity index (χ0) is 26.5. The number of anilines is 1. The summed E-state index contributed by atoms with van der Waals surface area (Å²) in [5, 5.41) is 52.5. The molecule has 13 heteroatoms. The highest BCUT2D eigenvalue weighted by Gasteiger charge is 2.45. The van der Waals surface area contributed by atoms with Crippen molar-refractivity contribution in [3.63, 3.8) is 0 Å². The predicted octanol–water partition coefficient (Wildman–Crippen LogP) is 0.395. The average molecular weight is 532 g/mol. The number of hydrogen-bond acceptors (Lipinski definition) is 10. The SMILES string of the molecule is CCCCCCCCC(=O)N[C@H](CSCCC)C(=O)Nc1cn(C[C@H](O)C2OC(O)[C@@H](O)[C@@H]2O)nn1. The van der Waals surface area contributed by atoms with Crippen LogP contribution in [0.5, 0.6) is 0 Å². The number of nitrogens with one attached hydrogen (secondary N) is 2. The minimum absolute atomic E-state index is 0.135. The van der Waals surface area contributed by atoms with Gasteiger partial charge in [0.05, 0.1) is 12.7 Å². The molecule has 1 aromatic heterocycles. The summed E-state index contributed by atoms with van der Waals surface area (Å²) in [5.41, 5.74) is 0. The first kappa shape index (κ1) is 30.5. The summed E-state index contributed by atoms with van der Waals surface area (Å²) in [7, 11) is 0. The quantitative estimate of drug-likeness (QED) is 0.154. The minimum Gasteiger partial charge on any atom is -0.388 e.